The van der Waals surface area contributed by atoms with E-state index in [0.29, 0.717) is 43.5 Å². The van der Waals surface area contributed by atoms with Gasteiger partial charge in [-0.05, 0) is 35.9 Å². The molecule has 7 heteroatoms. The molecule has 0 spiro atoms. The molecule has 0 aliphatic carbocycles. The van der Waals surface area contributed by atoms with Crippen molar-refractivity contribution in [3.63, 3.8) is 0 Å². The van der Waals surface area contributed by atoms with E-state index in [4.69, 9.17) is 27.9 Å². The number of aromatic nitrogens is 1. The number of halogens is 3. The minimum atomic E-state index is -1.03. The molecule has 4 nitrogen and oxygen atoms in total. The first kappa shape index (κ1) is 16.6. The Hall–Kier alpha value is -2.24. The zero-order chi connectivity index (χ0) is 17.4. The van der Waals surface area contributed by atoms with Crippen LogP contribution < -0.4 is 4.74 Å². The van der Waals surface area contributed by atoms with Crippen LogP contribution >= 0.6 is 23.2 Å². The van der Waals surface area contributed by atoms with Gasteiger partial charge in [-0.15, -0.1) is 0 Å². The number of aromatic amines is 1. The van der Waals surface area contributed by atoms with E-state index in [1.807, 2.05) is 0 Å². The van der Waals surface area contributed by atoms with E-state index >= 15 is 0 Å². The molecule has 0 radical (unpaired) electrons. The number of carboxylic acid groups (broad SMARTS) is 1. The second-order valence-electron chi connectivity index (χ2n) is 5.20. The van der Waals surface area contributed by atoms with E-state index in [2.05, 4.69) is 4.98 Å². The van der Waals surface area contributed by atoms with Gasteiger partial charge < -0.3 is 14.8 Å². The predicted octanol–water partition coefficient (Wildman–Crippen LogP) is 4.92. The number of benzene rings is 2. The van der Waals surface area contributed by atoms with Crippen LogP contribution in [-0.4, -0.2) is 23.2 Å². The minimum absolute atomic E-state index is 0.281. The summed E-state index contributed by atoms with van der Waals surface area (Å²) in [6.07, 6.45) is -0.281. The SMILES string of the molecule is COc1ccc(F)cc1-c1[nH]c2cc(Cl)cc(Cl)c2c1CC(=O)O. The number of carboxylic acids is 1. The summed E-state index contributed by atoms with van der Waals surface area (Å²) in [5.41, 5.74) is 1.87. The third-order valence-electron chi connectivity index (χ3n) is 3.68. The molecule has 0 fully saturated rings. The normalized spacial score (nSPS) is 11.0. The number of carbonyl (C=O) groups is 1. The first-order chi connectivity index (χ1) is 11.4. The zero-order valence-electron chi connectivity index (χ0n) is 12.5. The van der Waals surface area contributed by atoms with E-state index in [0.717, 1.165) is 0 Å². The molecule has 3 rings (SSSR count). The Morgan fingerprint density at radius 3 is 2.71 bits per heavy atom. The van der Waals surface area contributed by atoms with Crippen LogP contribution in [0.2, 0.25) is 10.0 Å². The van der Waals surface area contributed by atoms with Gasteiger partial charge in [0.25, 0.3) is 0 Å². The van der Waals surface area contributed by atoms with Gasteiger partial charge in [0.15, 0.2) is 0 Å². The first-order valence-corrected chi connectivity index (χ1v) is 7.71. The molecule has 2 N–H and O–H groups in total. The topological polar surface area (TPSA) is 62.3 Å². The minimum Gasteiger partial charge on any atom is -0.496 e. The van der Waals surface area contributed by atoms with Crippen molar-refractivity contribution in [1.29, 1.82) is 0 Å². The Labute approximate surface area is 146 Å². The lowest BCUT2D eigenvalue weighted by Gasteiger charge is -2.09. The average molecular weight is 368 g/mol. The maximum atomic E-state index is 13.7. The van der Waals surface area contributed by atoms with Gasteiger partial charge in [-0.3, -0.25) is 4.79 Å². The van der Waals surface area contributed by atoms with Crippen LogP contribution in [0.1, 0.15) is 5.56 Å². The molecule has 0 amide bonds. The van der Waals surface area contributed by atoms with Crippen LogP contribution in [0.3, 0.4) is 0 Å². The third kappa shape index (κ3) is 2.92. The number of rotatable bonds is 4. The molecule has 0 aliphatic rings. The predicted molar refractivity (Wildman–Crippen MR) is 91.6 cm³/mol. The number of aliphatic carboxylic acids is 1. The Morgan fingerprint density at radius 2 is 2.04 bits per heavy atom. The number of nitrogens with one attached hydrogen (secondary N) is 1. The van der Waals surface area contributed by atoms with E-state index in [-0.39, 0.29) is 6.42 Å². The van der Waals surface area contributed by atoms with Crippen LogP contribution in [0.4, 0.5) is 4.39 Å². The number of fused-ring (bicyclic) bond motifs is 1. The molecule has 1 aromatic heterocycles. The number of hydrogen-bond donors (Lipinski definition) is 2. The van der Waals surface area contributed by atoms with Gasteiger partial charge in [0, 0.05) is 21.5 Å². The lowest BCUT2D eigenvalue weighted by Crippen LogP contribution is -2.01. The molecule has 2 aromatic carbocycles. The highest BCUT2D eigenvalue weighted by molar-refractivity contribution is 6.39. The van der Waals surface area contributed by atoms with E-state index in [1.54, 1.807) is 6.07 Å². The molecule has 1 heterocycles. The fourth-order valence-corrected chi connectivity index (χ4v) is 3.35. The van der Waals surface area contributed by atoms with E-state index in [1.165, 1.54) is 31.4 Å². The van der Waals surface area contributed by atoms with Crippen molar-refractivity contribution in [1.82, 2.24) is 4.98 Å². The molecule has 3 aromatic rings. The van der Waals surface area contributed by atoms with Crippen molar-refractivity contribution in [2.75, 3.05) is 7.11 Å². The molecule has 0 saturated heterocycles. The Balaban J connectivity index is 2.37. The fourth-order valence-electron chi connectivity index (χ4n) is 2.75. The van der Waals surface area contributed by atoms with Crippen LogP contribution in [0.5, 0.6) is 5.75 Å². The van der Waals surface area contributed by atoms with Gasteiger partial charge in [-0.25, -0.2) is 4.39 Å². The van der Waals surface area contributed by atoms with Gasteiger partial charge in [0.1, 0.15) is 11.6 Å². The van der Waals surface area contributed by atoms with Crippen molar-refractivity contribution >= 4 is 40.1 Å². The first-order valence-electron chi connectivity index (χ1n) is 6.96. The summed E-state index contributed by atoms with van der Waals surface area (Å²) >= 11 is 12.3. The second kappa shape index (κ2) is 6.34. The summed E-state index contributed by atoms with van der Waals surface area (Å²) in [4.78, 5) is 14.4. The summed E-state index contributed by atoms with van der Waals surface area (Å²) in [7, 11) is 1.46. The molecular formula is C17H12Cl2FNO3. The fraction of sp³-hybridized carbons (Fsp3) is 0.118. The van der Waals surface area contributed by atoms with Gasteiger partial charge >= 0.3 is 5.97 Å². The largest absolute Gasteiger partial charge is 0.496 e. The van der Waals surface area contributed by atoms with Crippen molar-refractivity contribution < 1.29 is 19.0 Å². The second-order valence-corrected chi connectivity index (χ2v) is 6.05. The number of H-pyrrole nitrogens is 1. The maximum absolute atomic E-state index is 13.7. The van der Waals surface area contributed by atoms with Gasteiger partial charge in [-0.1, -0.05) is 23.2 Å². The zero-order valence-corrected chi connectivity index (χ0v) is 14.0. The quantitative estimate of drug-likeness (QED) is 0.687. The lowest BCUT2D eigenvalue weighted by atomic mass is 10.0. The van der Waals surface area contributed by atoms with Crippen molar-refractivity contribution in [3.8, 4) is 17.0 Å². The van der Waals surface area contributed by atoms with Crippen molar-refractivity contribution in [2.24, 2.45) is 0 Å². The number of methoxy groups -OCH3 is 1. The van der Waals surface area contributed by atoms with E-state index < -0.39 is 11.8 Å². The Morgan fingerprint density at radius 1 is 1.29 bits per heavy atom. The van der Waals surface area contributed by atoms with Crippen LogP contribution in [-0.2, 0) is 11.2 Å². The molecular weight excluding hydrogens is 356 g/mol. The summed E-state index contributed by atoms with van der Waals surface area (Å²) in [5, 5.41) is 10.5. The maximum Gasteiger partial charge on any atom is 0.307 e. The summed E-state index contributed by atoms with van der Waals surface area (Å²) in [6, 6.07) is 7.21. The van der Waals surface area contributed by atoms with Crippen molar-refractivity contribution in [2.45, 2.75) is 6.42 Å². The summed E-state index contributed by atoms with van der Waals surface area (Å²) < 4.78 is 19.0. The lowest BCUT2D eigenvalue weighted by molar-refractivity contribution is -0.136. The van der Waals surface area contributed by atoms with Crippen LogP contribution in [0.15, 0.2) is 30.3 Å². The summed E-state index contributed by atoms with van der Waals surface area (Å²) in [6.45, 7) is 0. The van der Waals surface area contributed by atoms with Crippen LogP contribution in [0, 0.1) is 5.82 Å². The highest BCUT2D eigenvalue weighted by Crippen LogP contribution is 2.40. The van der Waals surface area contributed by atoms with Crippen LogP contribution in [0.25, 0.3) is 22.2 Å². The van der Waals surface area contributed by atoms with E-state index in [9.17, 15) is 14.3 Å². The molecule has 0 aliphatic heterocycles. The number of hydrogen-bond acceptors (Lipinski definition) is 2. The van der Waals surface area contributed by atoms with Crippen molar-refractivity contribution in [3.05, 3.63) is 51.8 Å². The molecule has 0 atom stereocenters. The van der Waals surface area contributed by atoms with Gasteiger partial charge in [0.05, 0.1) is 24.2 Å². The Kier molecular flexibility index (Phi) is 4.39. The standard InChI is InChI=1S/C17H12Cl2FNO3/c1-24-14-3-2-9(20)6-10(14)17-11(7-15(22)23)16-12(19)4-8(18)5-13(16)21-17/h2-6,21H,7H2,1H3,(H,22,23). The molecule has 0 unspecified atom stereocenters. The Bertz CT molecular complexity index is 953. The molecule has 0 saturated carbocycles. The highest BCUT2D eigenvalue weighted by Gasteiger charge is 2.21. The smallest absolute Gasteiger partial charge is 0.307 e. The van der Waals surface area contributed by atoms with Gasteiger partial charge in [0.2, 0.25) is 0 Å². The third-order valence-corrected chi connectivity index (χ3v) is 4.19. The number of ether oxygens (including phenoxy) is 1. The van der Waals surface area contributed by atoms with Gasteiger partial charge in [-0.2, -0.15) is 0 Å². The molecule has 124 valence electrons. The monoisotopic (exact) mass is 367 g/mol. The molecule has 24 heavy (non-hydrogen) atoms. The average Bonchev–Trinajstić information content (AvgIpc) is 2.84. The highest BCUT2D eigenvalue weighted by atomic mass is 35.5. The summed E-state index contributed by atoms with van der Waals surface area (Å²) in [5.74, 6) is -1.08. The molecule has 0 bridgehead atoms.